The van der Waals surface area contributed by atoms with Gasteiger partial charge in [0.1, 0.15) is 0 Å². The number of fused-ring (bicyclic) bond motifs is 1. The highest BCUT2D eigenvalue weighted by atomic mass is 79.9. The SMILES string of the molecule is O=C(/C=C/c1cccc([N+](=O)[O-])c1)N(/N=C/c1ccc([N+](=O)[O-])s1)c1nc2ccc(Br)cc2s1. The Labute approximate surface area is 207 Å². The fourth-order valence-electron chi connectivity index (χ4n) is 2.78. The number of hydrogen-bond acceptors (Lipinski definition) is 9. The number of amides is 1. The molecule has 0 aliphatic heterocycles. The maximum Gasteiger partial charge on any atom is 0.324 e. The average Bonchev–Trinajstić information content (AvgIpc) is 3.45. The Bertz CT molecular complexity index is 1480. The molecule has 0 bridgehead atoms. The van der Waals surface area contributed by atoms with E-state index in [1.807, 2.05) is 12.1 Å². The summed E-state index contributed by atoms with van der Waals surface area (Å²) < 4.78 is 1.68. The monoisotopic (exact) mass is 557 g/mol. The van der Waals surface area contributed by atoms with E-state index in [1.165, 1.54) is 60.0 Å². The fraction of sp³-hybridized carbons (Fsp3) is 0. The van der Waals surface area contributed by atoms with E-state index in [9.17, 15) is 25.0 Å². The van der Waals surface area contributed by atoms with Crippen LogP contribution in [0.2, 0.25) is 0 Å². The molecule has 0 aliphatic rings. The van der Waals surface area contributed by atoms with E-state index in [0.717, 1.165) is 25.5 Å². The molecule has 34 heavy (non-hydrogen) atoms. The number of aromatic nitrogens is 1. The molecule has 0 saturated heterocycles. The third-order valence-corrected chi connectivity index (χ3v) is 6.78. The lowest BCUT2D eigenvalue weighted by molar-refractivity contribution is -0.384. The highest BCUT2D eigenvalue weighted by molar-refractivity contribution is 9.10. The van der Waals surface area contributed by atoms with Gasteiger partial charge in [0.15, 0.2) is 0 Å². The van der Waals surface area contributed by atoms with Crippen molar-refractivity contribution in [2.75, 3.05) is 5.01 Å². The molecule has 0 aliphatic carbocycles. The van der Waals surface area contributed by atoms with Crippen LogP contribution in [0.4, 0.5) is 15.8 Å². The van der Waals surface area contributed by atoms with Crippen molar-refractivity contribution >= 4 is 82.8 Å². The standard InChI is InChI=1S/C21H12BrN5O5S2/c22-14-5-7-17-18(11-14)34-21(24-17)25(23-12-16-6-9-20(33-16)27(31)32)19(28)8-4-13-2-1-3-15(10-13)26(29)30/h1-12H/b8-4+,23-12+. The summed E-state index contributed by atoms with van der Waals surface area (Å²) >= 11 is 5.57. The zero-order valence-corrected chi connectivity index (χ0v) is 20.1. The van der Waals surface area contributed by atoms with Crippen LogP contribution in [0.15, 0.2) is 70.2 Å². The summed E-state index contributed by atoms with van der Waals surface area (Å²) in [6.45, 7) is 0. The fourth-order valence-corrected chi connectivity index (χ4v) is 4.95. The van der Waals surface area contributed by atoms with Crippen LogP contribution < -0.4 is 5.01 Å². The maximum atomic E-state index is 13.1. The quantitative estimate of drug-likeness (QED) is 0.118. The first-order valence-electron chi connectivity index (χ1n) is 9.41. The second-order valence-corrected chi connectivity index (χ2v) is 9.64. The first kappa shape index (κ1) is 23.4. The van der Waals surface area contributed by atoms with Crippen molar-refractivity contribution in [3.63, 3.8) is 0 Å². The van der Waals surface area contributed by atoms with E-state index >= 15 is 0 Å². The number of hydrogen-bond donors (Lipinski definition) is 0. The molecule has 13 heteroatoms. The van der Waals surface area contributed by atoms with Crippen LogP contribution in [0, 0.1) is 20.2 Å². The third-order valence-electron chi connectivity index (χ3n) is 4.32. The summed E-state index contributed by atoms with van der Waals surface area (Å²) in [5.74, 6) is -0.549. The zero-order chi connectivity index (χ0) is 24.2. The van der Waals surface area contributed by atoms with Crippen molar-refractivity contribution in [2.24, 2.45) is 5.10 Å². The Hall–Kier alpha value is -3.81. The molecule has 0 N–H and O–H groups in total. The molecule has 2 heterocycles. The maximum absolute atomic E-state index is 13.1. The highest BCUT2D eigenvalue weighted by Gasteiger charge is 2.18. The van der Waals surface area contributed by atoms with Crippen LogP contribution in [0.3, 0.4) is 0 Å². The van der Waals surface area contributed by atoms with Gasteiger partial charge in [0.25, 0.3) is 11.6 Å². The molecule has 10 nitrogen and oxygen atoms in total. The number of nitro groups is 2. The van der Waals surface area contributed by atoms with Gasteiger partial charge in [-0.25, -0.2) is 4.98 Å². The number of halogens is 1. The summed E-state index contributed by atoms with van der Waals surface area (Å²) in [4.78, 5) is 38.9. The number of non-ortho nitro benzene ring substituents is 1. The lowest BCUT2D eigenvalue weighted by Crippen LogP contribution is -2.23. The first-order chi connectivity index (χ1) is 16.3. The van der Waals surface area contributed by atoms with Crippen LogP contribution in [0.1, 0.15) is 10.4 Å². The van der Waals surface area contributed by atoms with Gasteiger partial charge in [-0.05, 0) is 35.9 Å². The number of hydrazone groups is 1. The van der Waals surface area contributed by atoms with Crippen molar-refractivity contribution in [2.45, 2.75) is 0 Å². The normalized spacial score (nSPS) is 11.4. The Morgan fingerprint density at radius 3 is 2.62 bits per heavy atom. The molecular weight excluding hydrogens is 546 g/mol. The molecule has 0 atom stereocenters. The van der Waals surface area contributed by atoms with Gasteiger partial charge < -0.3 is 0 Å². The van der Waals surface area contributed by atoms with Gasteiger partial charge in [-0.2, -0.15) is 10.1 Å². The largest absolute Gasteiger partial charge is 0.324 e. The molecule has 0 spiro atoms. The molecular formula is C21H12BrN5O5S2. The molecule has 2 aromatic carbocycles. The van der Waals surface area contributed by atoms with Gasteiger partial charge in [-0.15, -0.1) is 0 Å². The molecule has 170 valence electrons. The van der Waals surface area contributed by atoms with E-state index < -0.39 is 15.8 Å². The van der Waals surface area contributed by atoms with Crippen molar-refractivity contribution in [1.29, 1.82) is 0 Å². The molecule has 1 amide bonds. The number of thiazole rings is 1. The van der Waals surface area contributed by atoms with E-state index in [4.69, 9.17) is 0 Å². The molecule has 0 saturated carbocycles. The van der Waals surface area contributed by atoms with E-state index in [-0.39, 0.29) is 10.7 Å². The number of carbonyl (C=O) groups excluding carboxylic acids is 1. The Morgan fingerprint density at radius 1 is 1.06 bits per heavy atom. The number of benzene rings is 2. The molecule has 4 aromatic rings. The first-order valence-corrected chi connectivity index (χ1v) is 11.8. The van der Waals surface area contributed by atoms with Crippen molar-refractivity contribution in [3.05, 3.63) is 95.8 Å². The second-order valence-electron chi connectivity index (χ2n) is 6.62. The molecule has 2 aromatic heterocycles. The van der Waals surface area contributed by atoms with Gasteiger partial charge in [0, 0.05) is 28.7 Å². The number of rotatable bonds is 7. The Morgan fingerprint density at radius 2 is 1.88 bits per heavy atom. The van der Waals surface area contributed by atoms with Crippen molar-refractivity contribution < 1.29 is 14.6 Å². The summed E-state index contributed by atoms with van der Waals surface area (Å²) in [6.07, 6.45) is 4.02. The molecule has 4 rings (SSSR count). The van der Waals surface area contributed by atoms with Gasteiger partial charge in [0.05, 0.1) is 31.2 Å². The van der Waals surface area contributed by atoms with E-state index in [2.05, 4.69) is 26.0 Å². The third kappa shape index (κ3) is 5.39. The summed E-state index contributed by atoms with van der Waals surface area (Å²) in [6, 6.07) is 14.2. The summed E-state index contributed by atoms with van der Waals surface area (Å²) in [7, 11) is 0. The molecule has 0 radical (unpaired) electrons. The average molecular weight is 558 g/mol. The minimum Gasteiger partial charge on any atom is -0.267 e. The second kappa shape index (κ2) is 9.99. The van der Waals surface area contributed by atoms with Crippen molar-refractivity contribution in [1.82, 2.24) is 4.98 Å². The number of nitro benzene ring substituents is 1. The van der Waals surface area contributed by atoms with Crippen molar-refractivity contribution in [3.8, 4) is 0 Å². The van der Waals surface area contributed by atoms with Gasteiger partial charge in [-0.1, -0.05) is 50.7 Å². The highest BCUT2D eigenvalue weighted by Crippen LogP contribution is 2.31. The van der Waals surface area contributed by atoms with Gasteiger partial charge in [-0.3, -0.25) is 25.0 Å². The number of thiophene rings is 1. The minimum atomic E-state index is -0.549. The van der Waals surface area contributed by atoms with E-state index in [1.54, 1.807) is 12.1 Å². The molecule has 0 unspecified atom stereocenters. The lowest BCUT2D eigenvalue weighted by atomic mass is 10.2. The number of carbonyl (C=O) groups is 1. The van der Waals surface area contributed by atoms with Crippen LogP contribution in [0.25, 0.3) is 16.3 Å². The van der Waals surface area contributed by atoms with Crippen LogP contribution in [-0.2, 0) is 4.79 Å². The van der Waals surface area contributed by atoms with Gasteiger partial charge >= 0.3 is 5.00 Å². The summed E-state index contributed by atoms with van der Waals surface area (Å²) in [5, 5.41) is 27.5. The van der Waals surface area contributed by atoms with Crippen LogP contribution in [-0.4, -0.2) is 27.0 Å². The van der Waals surface area contributed by atoms with Crippen LogP contribution in [0.5, 0.6) is 0 Å². The van der Waals surface area contributed by atoms with Crippen LogP contribution >= 0.6 is 38.6 Å². The zero-order valence-electron chi connectivity index (χ0n) is 16.9. The number of anilines is 1. The van der Waals surface area contributed by atoms with Gasteiger partial charge in [0.2, 0.25) is 5.13 Å². The predicted octanol–water partition coefficient (Wildman–Crippen LogP) is 6.02. The minimum absolute atomic E-state index is 0.0465. The summed E-state index contributed by atoms with van der Waals surface area (Å²) in [5.41, 5.74) is 1.04. The Balaban J connectivity index is 1.67. The van der Waals surface area contributed by atoms with E-state index in [0.29, 0.717) is 21.1 Å². The molecule has 0 fully saturated rings. The predicted molar refractivity (Wildman–Crippen MR) is 136 cm³/mol. The Kier molecular flexibility index (Phi) is 6.86. The smallest absolute Gasteiger partial charge is 0.267 e. The topological polar surface area (TPSA) is 132 Å². The lowest BCUT2D eigenvalue weighted by Gasteiger charge is -2.10. The number of nitrogens with zero attached hydrogens (tertiary/aromatic N) is 5.